The quantitative estimate of drug-likeness (QED) is 0.656. The molecule has 0 spiro atoms. The third-order valence-electron chi connectivity index (χ3n) is 3.99. The molecule has 2 N–H and O–H groups in total. The summed E-state index contributed by atoms with van der Waals surface area (Å²) in [6.07, 6.45) is 3.11. The average Bonchev–Trinajstić information content (AvgIpc) is 2.87. The minimum absolute atomic E-state index is 0.0509. The van der Waals surface area contributed by atoms with Crippen LogP contribution in [0.2, 0.25) is 5.15 Å². The first-order valence-electron chi connectivity index (χ1n) is 9.30. The third-order valence-corrected chi connectivity index (χ3v) is 4.39. The summed E-state index contributed by atoms with van der Waals surface area (Å²) in [6.45, 7) is 10.4. The molecule has 2 rings (SSSR count). The van der Waals surface area contributed by atoms with E-state index in [2.05, 4.69) is 29.6 Å². The second kappa shape index (κ2) is 9.55. The minimum atomic E-state index is -0.272. The van der Waals surface area contributed by atoms with Crippen LogP contribution in [0.15, 0.2) is 30.3 Å². The lowest BCUT2D eigenvalue weighted by atomic mass is 10.2. The van der Waals surface area contributed by atoms with Gasteiger partial charge < -0.3 is 10.6 Å². The van der Waals surface area contributed by atoms with E-state index in [-0.39, 0.29) is 17.7 Å². The number of carbonyl (C=O) groups is 2. The summed E-state index contributed by atoms with van der Waals surface area (Å²) in [5, 5.41) is 10.5. The van der Waals surface area contributed by atoms with Gasteiger partial charge in [-0.3, -0.25) is 14.3 Å². The number of halogens is 1. The van der Waals surface area contributed by atoms with Crippen LogP contribution in [-0.2, 0) is 16.1 Å². The lowest BCUT2D eigenvalue weighted by Crippen LogP contribution is -2.17. The molecule has 0 saturated carbocycles. The Balaban J connectivity index is 2.00. The molecule has 1 aromatic carbocycles. The Kier molecular flexibility index (Phi) is 7.40. The largest absolute Gasteiger partial charge is 0.326 e. The number of amides is 2. The Hall–Kier alpha value is -2.60. The fourth-order valence-corrected chi connectivity index (χ4v) is 2.80. The highest BCUT2D eigenvalue weighted by Gasteiger charge is 2.12. The van der Waals surface area contributed by atoms with Crippen LogP contribution in [0.4, 0.5) is 11.4 Å². The standard InChI is InChI=1S/C21H27ClN4O2/c1-13(2)12-26-20(22)18(15(5)25-26)10-11-19(27)23-16-6-8-17(9-7-16)24-21(28)14(3)4/h6-11,13-14H,12H2,1-5H3,(H,23,27)(H,24,28)/b11-10+. The Morgan fingerprint density at radius 2 is 1.68 bits per heavy atom. The number of nitrogens with one attached hydrogen (secondary N) is 2. The molecule has 0 aliphatic heterocycles. The van der Waals surface area contributed by atoms with Gasteiger partial charge in [0.15, 0.2) is 0 Å². The van der Waals surface area contributed by atoms with Crippen molar-refractivity contribution in [2.24, 2.45) is 11.8 Å². The van der Waals surface area contributed by atoms with Crippen molar-refractivity contribution in [2.75, 3.05) is 10.6 Å². The lowest BCUT2D eigenvalue weighted by Gasteiger charge is -2.08. The molecule has 28 heavy (non-hydrogen) atoms. The van der Waals surface area contributed by atoms with E-state index >= 15 is 0 Å². The SMILES string of the molecule is Cc1nn(CC(C)C)c(Cl)c1/C=C/C(=O)Nc1ccc(NC(=O)C(C)C)cc1. The minimum Gasteiger partial charge on any atom is -0.326 e. The molecule has 0 unspecified atom stereocenters. The zero-order valence-corrected chi connectivity index (χ0v) is 17.7. The van der Waals surface area contributed by atoms with E-state index in [0.29, 0.717) is 22.4 Å². The number of aromatic nitrogens is 2. The average molecular weight is 403 g/mol. The number of hydrogen-bond donors (Lipinski definition) is 2. The maximum atomic E-state index is 12.2. The van der Waals surface area contributed by atoms with Crippen molar-refractivity contribution < 1.29 is 9.59 Å². The topological polar surface area (TPSA) is 76.0 Å². The normalized spacial score (nSPS) is 11.4. The number of benzene rings is 1. The molecular weight excluding hydrogens is 376 g/mol. The van der Waals surface area contributed by atoms with Gasteiger partial charge in [0.1, 0.15) is 5.15 Å². The van der Waals surface area contributed by atoms with E-state index in [9.17, 15) is 9.59 Å². The molecule has 0 bridgehead atoms. The second-order valence-corrected chi connectivity index (χ2v) is 7.77. The predicted octanol–water partition coefficient (Wildman–Crippen LogP) is 4.75. The summed E-state index contributed by atoms with van der Waals surface area (Å²) >= 11 is 6.38. The molecule has 2 amide bonds. The molecule has 6 nitrogen and oxygen atoms in total. The molecule has 0 saturated heterocycles. The second-order valence-electron chi connectivity index (χ2n) is 7.41. The predicted molar refractivity (Wildman–Crippen MR) is 114 cm³/mol. The number of nitrogens with zero attached hydrogens (tertiary/aromatic N) is 2. The van der Waals surface area contributed by atoms with Crippen LogP contribution >= 0.6 is 11.6 Å². The summed E-state index contributed by atoms with van der Waals surface area (Å²) in [4.78, 5) is 23.9. The Bertz CT molecular complexity index is 867. The van der Waals surface area contributed by atoms with E-state index in [1.807, 2.05) is 20.8 Å². The van der Waals surface area contributed by atoms with Gasteiger partial charge in [0.05, 0.1) is 5.69 Å². The number of aryl methyl sites for hydroxylation is 1. The third kappa shape index (κ3) is 5.96. The fourth-order valence-electron chi connectivity index (χ4n) is 2.49. The molecule has 0 fully saturated rings. The summed E-state index contributed by atoms with van der Waals surface area (Å²) in [5.74, 6) is 0.00550. The van der Waals surface area contributed by atoms with Gasteiger partial charge in [0, 0.05) is 35.5 Å². The molecular formula is C21H27ClN4O2. The Morgan fingerprint density at radius 1 is 1.11 bits per heavy atom. The molecule has 0 radical (unpaired) electrons. The number of rotatable bonds is 7. The van der Waals surface area contributed by atoms with Gasteiger partial charge in [0.2, 0.25) is 11.8 Å². The molecule has 2 aromatic rings. The summed E-state index contributed by atoms with van der Waals surface area (Å²) in [6, 6.07) is 6.97. The van der Waals surface area contributed by atoms with Crippen LogP contribution in [0.25, 0.3) is 6.08 Å². The highest BCUT2D eigenvalue weighted by atomic mass is 35.5. The highest BCUT2D eigenvalue weighted by molar-refractivity contribution is 6.31. The zero-order valence-electron chi connectivity index (χ0n) is 16.9. The molecule has 0 atom stereocenters. The molecule has 1 heterocycles. The van der Waals surface area contributed by atoms with E-state index in [1.165, 1.54) is 6.08 Å². The van der Waals surface area contributed by atoms with Crippen molar-refractivity contribution in [1.82, 2.24) is 9.78 Å². The van der Waals surface area contributed by atoms with E-state index in [0.717, 1.165) is 17.8 Å². The summed E-state index contributed by atoms with van der Waals surface area (Å²) in [5.41, 5.74) is 2.84. The summed E-state index contributed by atoms with van der Waals surface area (Å²) in [7, 11) is 0. The Morgan fingerprint density at radius 3 is 2.21 bits per heavy atom. The van der Waals surface area contributed by atoms with Gasteiger partial charge in [-0.25, -0.2) is 0 Å². The van der Waals surface area contributed by atoms with E-state index in [1.54, 1.807) is 35.0 Å². The van der Waals surface area contributed by atoms with Crippen molar-refractivity contribution in [2.45, 2.75) is 41.2 Å². The first kappa shape index (κ1) is 21.7. The van der Waals surface area contributed by atoms with Crippen molar-refractivity contribution in [3.05, 3.63) is 46.8 Å². The zero-order chi connectivity index (χ0) is 20.8. The first-order chi connectivity index (χ1) is 13.2. The van der Waals surface area contributed by atoms with Gasteiger partial charge in [-0.05, 0) is 43.2 Å². The van der Waals surface area contributed by atoms with E-state index < -0.39 is 0 Å². The van der Waals surface area contributed by atoms with Crippen LogP contribution in [0, 0.1) is 18.8 Å². The van der Waals surface area contributed by atoms with Gasteiger partial charge in [-0.1, -0.05) is 39.3 Å². The molecule has 150 valence electrons. The monoisotopic (exact) mass is 402 g/mol. The van der Waals surface area contributed by atoms with Crippen LogP contribution in [-0.4, -0.2) is 21.6 Å². The molecule has 7 heteroatoms. The Labute approximate surface area is 171 Å². The van der Waals surface area contributed by atoms with Crippen molar-refractivity contribution >= 4 is 40.9 Å². The van der Waals surface area contributed by atoms with E-state index in [4.69, 9.17) is 11.6 Å². The van der Waals surface area contributed by atoms with Gasteiger partial charge in [-0.2, -0.15) is 5.10 Å². The number of carbonyl (C=O) groups excluding carboxylic acids is 2. The first-order valence-corrected chi connectivity index (χ1v) is 9.68. The van der Waals surface area contributed by atoms with Crippen LogP contribution in [0.5, 0.6) is 0 Å². The highest BCUT2D eigenvalue weighted by Crippen LogP contribution is 2.22. The van der Waals surface area contributed by atoms with Crippen LogP contribution in [0.3, 0.4) is 0 Å². The van der Waals surface area contributed by atoms with Gasteiger partial charge >= 0.3 is 0 Å². The summed E-state index contributed by atoms with van der Waals surface area (Å²) < 4.78 is 1.75. The van der Waals surface area contributed by atoms with Gasteiger partial charge in [-0.15, -0.1) is 0 Å². The van der Waals surface area contributed by atoms with Crippen LogP contribution < -0.4 is 10.6 Å². The maximum absolute atomic E-state index is 12.2. The smallest absolute Gasteiger partial charge is 0.248 e. The molecule has 0 aliphatic rings. The maximum Gasteiger partial charge on any atom is 0.248 e. The van der Waals surface area contributed by atoms with Crippen LogP contribution in [0.1, 0.15) is 39.0 Å². The van der Waals surface area contributed by atoms with Gasteiger partial charge in [0.25, 0.3) is 0 Å². The fraction of sp³-hybridized carbons (Fsp3) is 0.381. The molecule has 0 aliphatic carbocycles. The van der Waals surface area contributed by atoms with Crippen molar-refractivity contribution in [3.8, 4) is 0 Å². The van der Waals surface area contributed by atoms with Crippen molar-refractivity contribution in [1.29, 1.82) is 0 Å². The number of hydrogen-bond acceptors (Lipinski definition) is 3. The lowest BCUT2D eigenvalue weighted by molar-refractivity contribution is -0.119. The molecule has 1 aromatic heterocycles. The van der Waals surface area contributed by atoms with Crippen molar-refractivity contribution in [3.63, 3.8) is 0 Å². The number of anilines is 2.